The van der Waals surface area contributed by atoms with E-state index in [0.717, 1.165) is 0 Å². The highest BCUT2D eigenvalue weighted by molar-refractivity contribution is 7.86. The molecule has 0 unspecified atom stereocenters. The molecule has 0 rings (SSSR count). The van der Waals surface area contributed by atoms with E-state index in [1.165, 1.54) is 0 Å². The molecule has 0 amide bonds. The highest BCUT2D eigenvalue weighted by Gasteiger charge is 2.44. The van der Waals surface area contributed by atoms with Crippen molar-refractivity contribution in [3.8, 4) is 0 Å². The molecule has 0 heterocycles. The Bertz CT molecular complexity index is 179. The Kier molecular flexibility index (Phi) is 4.25. The first-order chi connectivity index (χ1) is 4.25. The van der Waals surface area contributed by atoms with E-state index in [2.05, 4.69) is 0 Å². The summed E-state index contributed by atoms with van der Waals surface area (Å²) >= 11 is 0. The molecule has 8 heteroatoms. The van der Waals surface area contributed by atoms with Gasteiger partial charge in [-0.2, -0.15) is 21.6 Å². The zero-order chi connectivity index (χ0) is 9.00. The van der Waals surface area contributed by atoms with Gasteiger partial charge in [-0.3, -0.25) is 4.55 Å². The summed E-state index contributed by atoms with van der Waals surface area (Å²) in [6.45, 7) is 2.00. The van der Waals surface area contributed by atoms with Crippen molar-refractivity contribution in [2.75, 3.05) is 0 Å². The molecule has 0 spiro atoms. The zero-order valence-corrected chi connectivity index (χ0v) is 5.24. The molecule has 10 heavy (non-hydrogen) atoms. The molecule has 0 fully saturated rings. The predicted molar refractivity (Wildman–Crippen MR) is 24.7 cm³/mol. The van der Waals surface area contributed by atoms with Crippen LogP contribution in [0.3, 0.4) is 0 Å². The molecule has 0 radical (unpaired) electrons. The lowest BCUT2D eigenvalue weighted by molar-refractivity contribution is -0.0980. The molecule has 0 aromatic carbocycles. The summed E-state index contributed by atoms with van der Waals surface area (Å²) in [6, 6.07) is 0. The summed E-state index contributed by atoms with van der Waals surface area (Å²) in [7, 11) is -5.84. The van der Waals surface area contributed by atoms with Crippen molar-refractivity contribution >= 4 is 16.9 Å². The molecule has 0 aromatic rings. The molecule has 0 saturated carbocycles. The second kappa shape index (κ2) is 3.52. The maximum Gasteiger partial charge on any atom is 0.522 e. The quantitative estimate of drug-likeness (QED) is 0.427. The number of hydrogen-bond donors (Lipinski definition) is 1. The van der Waals surface area contributed by atoms with E-state index in [9.17, 15) is 13.2 Å². The SMILES string of the molecule is C=O.O=S(=O)(O)C(F)(F)F. The van der Waals surface area contributed by atoms with Crippen LogP contribution in [-0.4, -0.2) is 25.3 Å². The minimum Gasteiger partial charge on any atom is -0.307 e. The first kappa shape index (κ1) is 12.1. The third kappa shape index (κ3) is 4.27. The fourth-order valence-electron chi connectivity index (χ4n) is 0. The monoisotopic (exact) mass is 180 g/mol. The van der Waals surface area contributed by atoms with Crippen LogP contribution in [0.4, 0.5) is 13.2 Å². The van der Waals surface area contributed by atoms with Crippen molar-refractivity contribution in [3.63, 3.8) is 0 Å². The summed E-state index contributed by atoms with van der Waals surface area (Å²) in [5.41, 5.74) is -5.53. The molecule has 0 aliphatic carbocycles. The Hall–Kier alpha value is -0.630. The second-order valence-electron chi connectivity index (χ2n) is 0.921. The molecule has 0 saturated heterocycles. The van der Waals surface area contributed by atoms with Gasteiger partial charge in [0.2, 0.25) is 0 Å². The van der Waals surface area contributed by atoms with Gasteiger partial charge in [-0.25, -0.2) is 0 Å². The summed E-state index contributed by atoms with van der Waals surface area (Å²) in [5, 5.41) is 0. The molecule has 0 aliphatic rings. The van der Waals surface area contributed by atoms with Gasteiger partial charge < -0.3 is 4.79 Å². The smallest absolute Gasteiger partial charge is 0.307 e. The van der Waals surface area contributed by atoms with Crippen LogP contribution in [0.1, 0.15) is 0 Å². The van der Waals surface area contributed by atoms with Gasteiger partial charge in [0, 0.05) is 0 Å². The van der Waals surface area contributed by atoms with Crippen molar-refractivity contribution in [2.24, 2.45) is 0 Å². The Balaban J connectivity index is 0. The number of hydrogen-bond acceptors (Lipinski definition) is 3. The summed E-state index contributed by atoms with van der Waals surface area (Å²) in [4.78, 5) is 8.00. The molecule has 0 aliphatic heterocycles. The van der Waals surface area contributed by atoms with E-state index in [-0.39, 0.29) is 0 Å². The molecule has 62 valence electrons. The van der Waals surface area contributed by atoms with Gasteiger partial charge in [-0.05, 0) is 0 Å². The molecule has 1 N–H and O–H groups in total. The largest absolute Gasteiger partial charge is 0.522 e. The summed E-state index contributed by atoms with van der Waals surface area (Å²) in [6.07, 6.45) is 0. The maximum absolute atomic E-state index is 10.7. The number of carbonyl (C=O) groups excluding carboxylic acids is 1. The van der Waals surface area contributed by atoms with Crippen LogP contribution in [0, 0.1) is 0 Å². The Morgan fingerprint density at radius 2 is 1.30 bits per heavy atom. The van der Waals surface area contributed by atoms with Crippen molar-refractivity contribution in [2.45, 2.75) is 5.51 Å². The van der Waals surface area contributed by atoms with E-state index < -0.39 is 15.6 Å². The molecule has 4 nitrogen and oxygen atoms in total. The van der Waals surface area contributed by atoms with Crippen molar-refractivity contribution in [1.82, 2.24) is 0 Å². The average molecular weight is 180 g/mol. The highest BCUT2D eigenvalue weighted by Crippen LogP contribution is 2.20. The second-order valence-corrected chi connectivity index (χ2v) is 2.33. The Morgan fingerprint density at radius 3 is 1.30 bits per heavy atom. The van der Waals surface area contributed by atoms with Gasteiger partial charge in [-0.15, -0.1) is 0 Å². The van der Waals surface area contributed by atoms with Crippen LogP contribution < -0.4 is 0 Å². The molecule has 0 bridgehead atoms. The molecule has 0 atom stereocenters. The lowest BCUT2D eigenvalue weighted by atomic mass is 11.6. The van der Waals surface area contributed by atoms with Gasteiger partial charge in [0.25, 0.3) is 0 Å². The average Bonchev–Trinajstić information content (AvgIpc) is 1.66. The lowest BCUT2D eigenvalue weighted by Gasteiger charge is -1.97. The van der Waals surface area contributed by atoms with E-state index >= 15 is 0 Å². The Morgan fingerprint density at radius 1 is 1.20 bits per heavy atom. The number of rotatable bonds is 0. The minimum atomic E-state index is -5.84. The van der Waals surface area contributed by atoms with Crippen LogP contribution in [0.15, 0.2) is 0 Å². The third-order valence-electron chi connectivity index (χ3n) is 0.292. The fraction of sp³-hybridized carbons (Fsp3) is 0.500. The van der Waals surface area contributed by atoms with E-state index in [4.69, 9.17) is 17.8 Å². The van der Waals surface area contributed by atoms with Crippen LogP contribution >= 0.6 is 0 Å². The van der Waals surface area contributed by atoms with Crippen LogP contribution in [0.25, 0.3) is 0 Å². The van der Waals surface area contributed by atoms with Crippen LogP contribution in [0.5, 0.6) is 0 Å². The van der Waals surface area contributed by atoms with E-state index in [1.54, 1.807) is 0 Å². The maximum atomic E-state index is 10.7. The van der Waals surface area contributed by atoms with Crippen molar-refractivity contribution in [1.29, 1.82) is 0 Å². The standard InChI is InChI=1S/CHF3O3S.CH2O/c2-1(3,4)8(5,6)7;1-2/h(H,5,6,7);1H2. The van der Waals surface area contributed by atoms with Gasteiger partial charge in [0.05, 0.1) is 0 Å². The first-order valence-electron chi connectivity index (χ1n) is 1.58. The van der Waals surface area contributed by atoms with Gasteiger partial charge in [-0.1, -0.05) is 0 Å². The number of carbonyl (C=O) groups is 1. The van der Waals surface area contributed by atoms with Gasteiger partial charge in [0.1, 0.15) is 6.79 Å². The predicted octanol–water partition coefficient (Wildman–Crippen LogP) is 0.209. The number of halogens is 3. The summed E-state index contributed by atoms with van der Waals surface area (Å²) < 4.78 is 57.5. The van der Waals surface area contributed by atoms with E-state index in [0.29, 0.717) is 0 Å². The van der Waals surface area contributed by atoms with Crippen molar-refractivity contribution < 1.29 is 30.9 Å². The molecular formula is C2H3F3O4S. The summed E-state index contributed by atoms with van der Waals surface area (Å²) in [5.74, 6) is 0. The minimum absolute atomic E-state index is 2.00. The van der Waals surface area contributed by atoms with E-state index in [1.807, 2.05) is 6.79 Å². The topological polar surface area (TPSA) is 71.4 Å². The fourth-order valence-corrected chi connectivity index (χ4v) is 0. The normalized spacial score (nSPS) is 11.6. The van der Waals surface area contributed by atoms with Crippen LogP contribution in [-0.2, 0) is 14.9 Å². The Labute approximate surface area is 54.4 Å². The lowest BCUT2D eigenvalue weighted by Crippen LogP contribution is -2.21. The number of alkyl halides is 3. The van der Waals surface area contributed by atoms with Gasteiger partial charge >= 0.3 is 15.6 Å². The van der Waals surface area contributed by atoms with Crippen LogP contribution in [0.2, 0.25) is 0 Å². The highest BCUT2D eigenvalue weighted by atomic mass is 32.2. The zero-order valence-electron chi connectivity index (χ0n) is 4.42. The first-order valence-corrected chi connectivity index (χ1v) is 3.02. The molecular weight excluding hydrogens is 177 g/mol. The molecule has 0 aromatic heterocycles. The van der Waals surface area contributed by atoms with Crippen molar-refractivity contribution in [3.05, 3.63) is 0 Å². The third-order valence-corrected chi connectivity index (χ3v) is 0.877. The van der Waals surface area contributed by atoms with Gasteiger partial charge in [0.15, 0.2) is 0 Å².